The summed E-state index contributed by atoms with van der Waals surface area (Å²) in [5, 5.41) is 1.48. The van der Waals surface area contributed by atoms with Gasteiger partial charge in [0.1, 0.15) is 0 Å². The molecule has 0 fully saturated rings. The van der Waals surface area contributed by atoms with Crippen LogP contribution in [0.3, 0.4) is 0 Å². The van der Waals surface area contributed by atoms with Crippen LogP contribution in [0.2, 0.25) is 19.6 Å². The first-order chi connectivity index (χ1) is 23.7. The first-order valence-corrected chi connectivity index (χ1v) is 21.1. The molecule has 0 aliphatic rings. The van der Waals surface area contributed by atoms with Crippen LogP contribution in [0.1, 0.15) is 52.7 Å². The summed E-state index contributed by atoms with van der Waals surface area (Å²) in [4.78, 5) is 14.3. The monoisotopic (exact) mass is 866 g/mol. The fourth-order valence-corrected chi connectivity index (χ4v) is 7.68. The molecule has 0 bridgehead atoms. The first kappa shape index (κ1) is 39.8. The van der Waals surface area contributed by atoms with Crippen LogP contribution in [-0.2, 0) is 32.9 Å². The van der Waals surface area contributed by atoms with Crippen molar-refractivity contribution in [2.24, 2.45) is 10.8 Å². The normalized spacial score (nSPS) is 11.6. The Balaban J connectivity index is 0.000000236. The predicted octanol–water partition coefficient (Wildman–Crippen LogP) is 11.5. The second-order valence-corrected chi connectivity index (χ2v) is 21.5. The zero-order valence-electron chi connectivity index (χ0n) is 31.6. The van der Waals surface area contributed by atoms with Crippen LogP contribution in [0.4, 0.5) is 0 Å². The molecule has 5 heteroatoms. The maximum absolute atomic E-state index is 4.84. The van der Waals surface area contributed by atoms with Gasteiger partial charge < -0.3 is 9.97 Å². The molecule has 3 aromatic heterocycles. The van der Waals surface area contributed by atoms with Gasteiger partial charge in [0.05, 0.1) is 8.07 Å². The van der Waals surface area contributed by atoms with Crippen LogP contribution in [0.25, 0.3) is 45.0 Å². The minimum atomic E-state index is -1.37. The van der Waals surface area contributed by atoms with Gasteiger partial charge in [0, 0.05) is 43.8 Å². The molecule has 0 amide bonds. The quantitative estimate of drug-likeness (QED) is 0.119. The van der Waals surface area contributed by atoms with Crippen molar-refractivity contribution < 1.29 is 20.1 Å². The standard InChI is InChI=1S/C27H25N2.C19H26NSi.Ir/c1-27(2,3)18-22-17-26(28-19-23(22)20-11-6-4-7-12-20)25-16-10-15-24(29-25)21-13-8-5-9-14-21;1-19(2,3)13-16-12-17(15-10-8-7-9-11-15)20-14-18(16)21(4,5)6;/h4-15,17,19H,18H2,1-3H3;7-10,12,14H,13H2,1-6H3;/q2*-1;. The van der Waals surface area contributed by atoms with Crippen LogP contribution < -0.4 is 5.19 Å². The second kappa shape index (κ2) is 17.0. The van der Waals surface area contributed by atoms with E-state index in [1.54, 1.807) is 0 Å². The third kappa shape index (κ3) is 11.5. The number of pyridine rings is 3. The molecular formula is C46H51IrN3Si-2. The van der Waals surface area contributed by atoms with E-state index in [2.05, 4.69) is 134 Å². The van der Waals surface area contributed by atoms with Crippen LogP contribution in [0.5, 0.6) is 0 Å². The summed E-state index contributed by atoms with van der Waals surface area (Å²) in [6.07, 6.45) is 6.15. The van der Waals surface area contributed by atoms with E-state index < -0.39 is 8.07 Å². The van der Waals surface area contributed by atoms with Crippen molar-refractivity contribution in [3.63, 3.8) is 0 Å². The van der Waals surface area contributed by atoms with Gasteiger partial charge in [-0.2, -0.15) is 12.1 Å². The minimum absolute atomic E-state index is 0. The zero-order chi connectivity index (χ0) is 35.9. The Morgan fingerprint density at radius 3 is 1.73 bits per heavy atom. The minimum Gasteiger partial charge on any atom is -0.317 e. The molecule has 265 valence electrons. The van der Waals surface area contributed by atoms with Gasteiger partial charge in [0.25, 0.3) is 0 Å². The molecule has 0 unspecified atom stereocenters. The van der Waals surface area contributed by atoms with Gasteiger partial charge in [-0.1, -0.05) is 140 Å². The molecule has 3 aromatic carbocycles. The topological polar surface area (TPSA) is 38.7 Å². The maximum Gasteiger partial charge on any atom is 0.0798 e. The summed E-state index contributed by atoms with van der Waals surface area (Å²) < 4.78 is 0. The molecular weight excluding hydrogens is 815 g/mol. The number of hydrogen-bond donors (Lipinski definition) is 0. The van der Waals surface area contributed by atoms with Gasteiger partial charge in [-0.25, -0.2) is 0 Å². The van der Waals surface area contributed by atoms with Crippen molar-refractivity contribution >= 4 is 13.3 Å². The Morgan fingerprint density at radius 1 is 0.569 bits per heavy atom. The molecule has 0 saturated heterocycles. The SMILES string of the molecule is CC(C)(C)Cc1cc(-c2[c-]ccc(-c3ccccc3)n2)ncc1-c1ccccc1.CC(C)(C)Cc1cc(-c2[c-]cccc2)ncc1[Si](C)(C)C.[Ir]. The molecule has 1 radical (unpaired) electrons. The van der Waals surface area contributed by atoms with E-state index in [4.69, 9.17) is 15.0 Å². The summed E-state index contributed by atoms with van der Waals surface area (Å²) >= 11 is 0. The Hall–Kier alpha value is -4.02. The Bertz CT molecular complexity index is 1990. The predicted molar refractivity (Wildman–Crippen MR) is 215 cm³/mol. The zero-order valence-corrected chi connectivity index (χ0v) is 35.0. The van der Waals surface area contributed by atoms with E-state index in [1.165, 1.54) is 27.4 Å². The van der Waals surface area contributed by atoms with Crippen molar-refractivity contribution in [1.82, 2.24) is 15.0 Å². The van der Waals surface area contributed by atoms with Crippen molar-refractivity contribution in [2.75, 3.05) is 0 Å². The Morgan fingerprint density at radius 2 is 1.14 bits per heavy atom. The molecule has 0 saturated carbocycles. The molecule has 6 rings (SSSR count). The van der Waals surface area contributed by atoms with Crippen molar-refractivity contribution in [1.29, 1.82) is 0 Å². The van der Waals surface area contributed by atoms with Gasteiger partial charge >= 0.3 is 0 Å². The first-order valence-electron chi connectivity index (χ1n) is 17.6. The van der Waals surface area contributed by atoms with E-state index in [9.17, 15) is 0 Å². The van der Waals surface area contributed by atoms with Gasteiger partial charge in [-0.15, -0.1) is 42.0 Å². The van der Waals surface area contributed by atoms with Gasteiger partial charge in [-0.3, -0.25) is 4.98 Å². The Kier molecular flexibility index (Phi) is 13.2. The van der Waals surface area contributed by atoms with E-state index in [1.807, 2.05) is 60.8 Å². The van der Waals surface area contributed by atoms with Gasteiger partial charge in [-0.05, 0) is 62.6 Å². The van der Waals surface area contributed by atoms with E-state index in [0.29, 0.717) is 0 Å². The number of hydrogen-bond acceptors (Lipinski definition) is 3. The number of nitrogens with zero attached hydrogens (tertiary/aromatic N) is 3. The van der Waals surface area contributed by atoms with Crippen LogP contribution in [0.15, 0.2) is 122 Å². The average Bonchev–Trinajstić information content (AvgIpc) is 3.08. The second-order valence-electron chi connectivity index (χ2n) is 16.5. The summed E-state index contributed by atoms with van der Waals surface area (Å²) in [6.45, 7) is 20.9. The summed E-state index contributed by atoms with van der Waals surface area (Å²) in [7, 11) is -1.37. The molecule has 51 heavy (non-hydrogen) atoms. The molecule has 6 aromatic rings. The summed E-state index contributed by atoms with van der Waals surface area (Å²) in [5.41, 5.74) is 11.4. The number of aromatic nitrogens is 3. The Labute approximate surface area is 321 Å². The fraction of sp³-hybridized carbons (Fsp3) is 0.283. The smallest absolute Gasteiger partial charge is 0.0798 e. The fourth-order valence-electron chi connectivity index (χ4n) is 6.10. The maximum atomic E-state index is 4.84. The van der Waals surface area contributed by atoms with Crippen LogP contribution in [-0.4, -0.2) is 23.0 Å². The molecule has 0 atom stereocenters. The number of benzene rings is 3. The van der Waals surface area contributed by atoms with Crippen LogP contribution in [0, 0.1) is 23.0 Å². The molecule has 0 aliphatic heterocycles. The van der Waals surface area contributed by atoms with Gasteiger partial charge in [0.15, 0.2) is 0 Å². The van der Waals surface area contributed by atoms with E-state index in [0.717, 1.165) is 46.7 Å². The largest absolute Gasteiger partial charge is 0.317 e. The molecule has 3 heterocycles. The summed E-state index contributed by atoms with van der Waals surface area (Å²) in [5.74, 6) is 0. The van der Waals surface area contributed by atoms with Crippen molar-refractivity contribution in [3.05, 3.63) is 145 Å². The van der Waals surface area contributed by atoms with E-state index in [-0.39, 0.29) is 30.9 Å². The molecule has 0 N–H and O–H groups in total. The third-order valence-electron chi connectivity index (χ3n) is 8.30. The molecule has 0 spiro atoms. The number of rotatable bonds is 7. The molecule has 0 aliphatic carbocycles. The van der Waals surface area contributed by atoms with E-state index >= 15 is 0 Å². The third-order valence-corrected chi connectivity index (χ3v) is 10.4. The van der Waals surface area contributed by atoms with Crippen molar-refractivity contribution in [3.8, 4) is 45.0 Å². The van der Waals surface area contributed by atoms with Crippen molar-refractivity contribution in [2.45, 2.75) is 74.0 Å². The molecule has 3 nitrogen and oxygen atoms in total. The summed E-state index contributed by atoms with van der Waals surface area (Å²) in [6, 6.07) is 43.7. The van der Waals surface area contributed by atoms with Crippen LogP contribution >= 0.6 is 0 Å². The average molecular weight is 866 g/mol. The van der Waals surface area contributed by atoms with Gasteiger partial charge in [0.2, 0.25) is 0 Å².